The Morgan fingerprint density at radius 1 is 1.11 bits per heavy atom. The van der Waals surface area contributed by atoms with Gasteiger partial charge in [0.1, 0.15) is 0 Å². The number of halogens is 2. The SMILES string of the molecule is O=C(NCCc1ccc(Cl)cc1Cl)Nc1ccc(CN2CCCC2=O)cc1. The minimum Gasteiger partial charge on any atom is -0.338 e. The van der Waals surface area contributed by atoms with Crippen LogP contribution in [0.2, 0.25) is 10.0 Å². The molecule has 1 aliphatic rings. The Bertz CT molecular complexity index is 824. The number of benzene rings is 2. The van der Waals surface area contributed by atoms with Crippen molar-refractivity contribution in [3.63, 3.8) is 0 Å². The van der Waals surface area contributed by atoms with E-state index in [1.165, 1.54) is 0 Å². The second kappa shape index (κ2) is 9.11. The number of hydrogen-bond acceptors (Lipinski definition) is 2. The van der Waals surface area contributed by atoms with Crippen molar-refractivity contribution < 1.29 is 9.59 Å². The van der Waals surface area contributed by atoms with Crippen LogP contribution in [0.5, 0.6) is 0 Å². The summed E-state index contributed by atoms with van der Waals surface area (Å²) in [5.74, 6) is 0.206. The monoisotopic (exact) mass is 405 g/mol. The van der Waals surface area contributed by atoms with Crippen LogP contribution >= 0.6 is 23.2 Å². The highest BCUT2D eigenvalue weighted by Gasteiger charge is 2.19. The molecule has 0 bridgehead atoms. The Kier molecular flexibility index (Phi) is 6.58. The maximum Gasteiger partial charge on any atom is 0.319 e. The van der Waals surface area contributed by atoms with Crippen molar-refractivity contribution in [2.45, 2.75) is 25.8 Å². The van der Waals surface area contributed by atoms with Gasteiger partial charge in [0, 0.05) is 41.8 Å². The highest BCUT2D eigenvalue weighted by molar-refractivity contribution is 6.35. The summed E-state index contributed by atoms with van der Waals surface area (Å²) < 4.78 is 0. The number of urea groups is 1. The molecule has 1 aliphatic heterocycles. The number of rotatable bonds is 6. The molecule has 2 N–H and O–H groups in total. The third-order valence-corrected chi connectivity index (χ3v) is 5.04. The Balaban J connectivity index is 1.44. The van der Waals surface area contributed by atoms with Crippen molar-refractivity contribution in [1.82, 2.24) is 10.2 Å². The molecule has 0 saturated carbocycles. The Labute approximate surface area is 168 Å². The van der Waals surface area contributed by atoms with Gasteiger partial charge in [0.2, 0.25) is 5.91 Å². The van der Waals surface area contributed by atoms with E-state index in [-0.39, 0.29) is 11.9 Å². The van der Waals surface area contributed by atoms with Gasteiger partial charge in [-0.05, 0) is 48.2 Å². The van der Waals surface area contributed by atoms with Crippen LogP contribution in [0.15, 0.2) is 42.5 Å². The van der Waals surface area contributed by atoms with Gasteiger partial charge in [0.25, 0.3) is 0 Å². The van der Waals surface area contributed by atoms with Crippen LogP contribution in [-0.2, 0) is 17.8 Å². The number of carbonyl (C=O) groups excluding carboxylic acids is 2. The Hall–Kier alpha value is -2.24. The molecule has 0 radical (unpaired) electrons. The lowest BCUT2D eigenvalue weighted by molar-refractivity contribution is -0.128. The Morgan fingerprint density at radius 2 is 1.89 bits per heavy atom. The van der Waals surface area contributed by atoms with Gasteiger partial charge in [-0.2, -0.15) is 0 Å². The van der Waals surface area contributed by atoms with Gasteiger partial charge in [-0.3, -0.25) is 4.79 Å². The minimum absolute atomic E-state index is 0.206. The number of nitrogens with one attached hydrogen (secondary N) is 2. The largest absolute Gasteiger partial charge is 0.338 e. The van der Waals surface area contributed by atoms with Crippen LogP contribution in [0.3, 0.4) is 0 Å². The van der Waals surface area contributed by atoms with Crippen LogP contribution in [-0.4, -0.2) is 29.9 Å². The summed E-state index contributed by atoms with van der Waals surface area (Å²) in [6.45, 7) is 1.90. The molecule has 0 unspecified atom stereocenters. The predicted molar refractivity (Wildman–Crippen MR) is 108 cm³/mol. The summed E-state index contributed by atoms with van der Waals surface area (Å²) in [6.07, 6.45) is 2.19. The normalized spacial score (nSPS) is 13.7. The van der Waals surface area contributed by atoms with E-state index in [4.69, 9.17) is 23.2 Å². The maximum atomic E-state index is 12.0. The molecule has 5 nitrogen and oxygen atoms in total. The average molecular weight is 406 g/mol. The van der Waals surface area contributed by atoms with E-state index in [9.17, 15) is 9.59 Å². The lowest BCUT2D eigenvalue weighted by Gasteiger charge is -2.15. The van der Waals surface area contributed by atoms with E-state index in [2.05, 4.69) is 10.6 Å². The molecule has 1 fully saturated rings. The molecule has 7 heteroatoms. The molecule has 142 valence electrons. The zero-order valence-electron chi connectivity index (χ0n) is 14.8. The predicted octanol–water partition coefficient (Wildman–Crippen LogP) is 4.48. The molecule has 0 spiro atoms. The van der Waals surface area contributed by atoms with Gasteiger partial charge < -0.3 is 15.5 Å². The third kappa shape index (κ3) is 5.62. The molecule has 3 amide bonds. The molecule has 27 heavy (non-hydrogen) atoms. The molecular formula is C20H21Cl2N3O2. The molecular weight excluding hydrogens is 385 g/mol. The van der Waals surface area contributed by atoms with Gasteiger partial charge in [0.05, 0.1) is 0 Å². The minimum atomic E-state index is -0.275. The quantitative estimate of drug-likeness (QED) is 0.743. The highest BCUT2D eigenvalue weighted by Crippen LogP contribution is 2.21. The van der Waals surface area contributed by atoms with E-state index in [1.54, 1.807) is 12.1 Å². The van der Waals surface area contributed by atoms with Crippen LogP contribution < -0.4 is 10.6 Å². The third-order valence-electron chi connectivity index (χ3n) is 4.45. The fraction of sp³-hybridized carbons (Fsp3) is 0.300. The zero-order chi connectivity index (χ0) is 19.2. The van der Waals surface area contributed by atoms with E-state index in [0.29, 0.717) is 41.7 Å². The first-order valence-corrected chi connectivity index (χ1v) is 9.62. The molecule has 0 atom stereocenters. The summed E-state index contributed by atoms with van der Waals surface area (Å²) in [5, 5.41) is 6.79. The van der Waals surface area contributed by atoms with Gasteiger partial charge in [-0.15, -0.1) is 0 Å². The number of amides is 3. The maximum absolute atomic E-state index is 12.0. The van der Waals surface area contributed by atoms with Crippen LogP contribution in [0.1, 0.15) is 24.0 Å². The molecule has 2 aromatic rings. The van der Waals surface area contributed by atoms with Gasteiger partial charge >= 0.3 is 6.03 Å². The average Bonchev–Trinajstić information content (AvgIpc) is 3.03. The van der Waals surface area contributed by atoms with Crippen molar-refractivity contribution >= 4 is 40.8 Å². The summed E-state index contributed by atoms with van der Waals surface area (Å²) >= 11 is 12.0. The number of likely N-dealkylation sites (tertiary alicyclic amines) is 1. The molecule has 0 aliphatic carbocycles. The molecule has 1 saturated heterocycles. The zero-order valence-corrected chi connectivity index (χ0v) is 16.3. The standard InChI is InChI=1S/C20H21Cl2N3O2/c21-16-6-5-15(18(22)12-16)9-10-23-20(27)24-17-7-3-14(4-8-17)13-25-11-1-2-19(25)26/h3-8,12H,1-2,9-11,13H2,(H2,23,24,27). The van der Waals surface area contributed by atoms with Crippen molar-refractivity contribution in [3.05, 3.63) is 63.6 Å². The number of nitrogens with zero attached hydrogens (tertiary/aromatic N) is 1. The highest BCUT2D eigenvalue weighted by atomic mass is 35.5. The molecule has 2 aromatic carbocycles. The lowest BCUT2D eigenvalue weighted by Crippen LogP contribution is -2.30. The number of carbonyl (C=O) groups is 2. The van der Waals surface area contributed by atoms with E-state index < -0.39 is 0 Å². The first kappa shape index (κ1) is 19.5. The first-order chi connectivity index (χ1) is 13.0. The summed E-state index contributed by atoms with van der Waals surface area (Å²) in [4.78, 5) is 25.6. The second-order valence-electron chi connectivity index (χ2n) is 6.48. The first-order valence-electron chi connectivity index (χ1n) is 8.87. The van der Waals surface area contributed by atoms with Crippen molar-refractivity contribution in [1.29, 1.82) is 0 Å². The molecule has 1 heterocycles. The van der Waals surface area contributed by atoms with Gasteiger partial charge in [0.15, 0.2) is 0 Å². The fourth-order valence-corrected chi connectivity index (χ4v) is 3.50. The van der Waals surface area contributed by atoms with Crippen molar-refractivity contribution in [2.24, 2.45) is 0 Å². The van der Waals surface area contributed by atoms with Crippen LogP contribution in [0.4, 0.5) is 10.5 Å². The van der Waals surface area contributed by atoms with Gasteiger partial charge in [-0.1, -0.05) is 41.4 Å². The smallest absolute Gasteiger partial charge is 0.319 e. The van der Waals surface area contributed by atoms with Crippen LogP contribution in [0.25, 0.3) is 0 Å². The summed E-state index contributed by atoms with van der Waals surface area (Å²) in [7, 11) is 0. The molecule has 0 aromatic heterocycles. The van der Waals surface area contributed by atoms with Crippen molar-refractivity contribution in [2.75, 3.05) is 18.4 Å². The Morgan fingerprint density at radius 3 is 2.56 bits per heavy atom. The summed E-state index contributed by atoms with van der Waals surface area (Å²) in [5.41, 5.74) is 2.68. The van der Waals surface area contributed by atoms with E-state index in [0.717, 1.165) is 24.1 Å². The van der Waals surface area contributed by atoms with E-state index in [1.807, 2.05) is 35.2 Å². The fourth-order valence-electron chi connectivity index (χ4n) is 3.00. The summed E-state index contributed by atoms with van der Waals surface area (Å²) in [6, 6.07) is 12.6. The number of hydrogen-bond donors (Lipinski definition) is 2. The van der Waals surface area contributed by atoms with Crippen molar-refractivity contribution in [3.8, 4) is 0 Å². The number of anilines is 1. The second-order valence-corrected chi connectivity index (χ2v) is 7.33. The van der Waals surface area contributed by atoms with Crippen LogP contribution in [0, 0.1) is 0 Å². The topological polar surface area (TPSA) is 61.4 Å². The van der Waals surface area contributed by atoms with E-state index >= 15 is 0 Å². The molecule has 3 rings (SSSR count). The van der Waals surface area contributed by atoms with Gasteiger partial charge in [-0.25, -0.2) is 4.79 Å². The lowest BCUT2D eigenvalue weighted by atomic mass is 10.1.